The van der Waals surface area contributed by atoms with Gasteiger partial charge in [-0.15, -0.1) is 11.3 Å². The molecule has 5 aromatic heterocycles. The van der Waals surface area contributed by atoms with E-state index in [1.54, 1.807) is 0 Å². The summed E-state index contributed by atoms with van der Waals surface area (Å²) in [5.41, 5.74) is 14.7. The Morgan fingerprint density at radius 3 is 1.98 bits per heavy atom. The van der Waals surface area contributed by atoms with Crippen LogP contribution in [0.5, 0.6) is 0 Å². The van der Waals surface area contributed by atoms with E-state index in [-0.39, 0.29) is 0 Å². The van der Waals surface area contributed by atoms with Gasteiger partial charge in [-0.25, -0.2) is 9.97 Å². The molecule has 268 valence electrons. The van der Waals surface area contributed by atoms with Crippen LogP contribution in [0.4, 0.5) is 0 Å². The first-order chi connectivity index (χ1) is 28.8. The average molecular weight is 757 g/mol. The number of hydrogen-bond donors (Lipinski definition) is 0. The Labute approximate surface area is 334 Å². The number of hydrogen-bond acceptors (Lipinski definition) is 4. The monoisotopic (exact) mass is 756 g/mol. The van der Waals surface area contributed by atoms with E-state index in [1.165, 1.54) is 75.3 Å². The van der Waals surface area contributed by atoms with Crippen LogP contribution in [0.25, 0.3) is 131 Å². The molecule has 0 spiro atoms. The van der Waals surface area contributed by atoms with Crippen LogP contribution in [0.15, 0.2) is 174 Å². The van der Waals surface area contributed by atoms with Crippen LogP contribution < -0.4 is 0 Å². The van der Waals surface area contributed by atoms with Crippen molar-refractivity contribution < 1.29 is 4.42 Å². The number of aromatic nitrogens is 4. The van der Waals surface area contributed by atoms with Gasteiger partial charge < -0.3 is 8.98 Å². The van der Waals surface area contributed by atoms with E-state index in [9.17, 15) is 0 Å². The number of para-hydroxylation sites is 4. The van der Waals surface area contributed by atoms with Gasteiger partial charge in [-0.3, -0.25) is 4.57 Å². The molecule has 0 atom stereocenters. The van der Waals surface area contributed by atoms with Crippen LogP contribution >= 0.6 is 11.3 Å². The first kappa shape index (κ1) is 30.7. The molecule has 0 N–H and O–H groups in total. The molecular formula is C52H28N4OS. The Morgan fingerprint density at radius 1 is 0.448 bits per heavy atom. The molecule has 0 saturated carbocycles. The third-order valence-electron chi connectivity index (χ3n) is 12.3. The van der Waals surface area contributed by atoms with Gasteiger partial charge in [0.05, 0.1) is 27.8 Å². The van der Waals surface area contributed by atoms with E-state index in [2.05, 4.69) is 167 Å². The summed E-state index contributed by atoms with van der Waals surface area (Å²) in [4.78, 5) is 11.1. The van der Waals surface area contributed by atoms with Crippen LogP contribution in [-0.4, -0.2) is 19.1 Å². The Balaban J connectivity index is 1.19. The van der Waals surface area contributed by atoms with Gasteiger partial charge in [0.15, 0.2) is 5.58 Å². The van der Waals surface area contributed by atoms with Gasteiger partial charge in [0, 0.05) is 63.8 Å². The third kappa shape index (κ3) is 3.85. The smallest absolute Gasteiger partial charge is 0.236 e. The fraction of sp³-hybridized carbons (Fsp3) is 0. The fourth-order valence-electron chi connectivity index (χ4n) is 9.97. The second kappa shape index (κ2) is 11.1. The molecule has 5 nitrogen and oxygen atoms in total. The molecule has 0 amide bonds. The summed E-state index contributed by atoms with van der Waals surface area (Å²) >= 11 is 1.81. The molecule has 14 rings (SSSR count). The molecule has 58 heavy (non-hydrogen) atoms. The van der Waals surface area contributed by atoms with Gasteiger partial charge in [0.2, 0.25) is 5.95 Å². The lowest BCUT2D eigenvalue weighted by atomic mass is 9.91. The number of thiophene rings is 1. The van der Waals surface area contributed by atoms with E-state index >= 15 is 0 Å². The Bertz CT molecular complexity index is 3940. The molecule has 0 bridgehead atoms. The molecule has 0 saturated heterocycles. The van der Waals surface area contributed by atoms with Crippen molar-refractivity contribution in [1.82, 2.24) is 19.1 Å². The summed E-state index contributed by atoms with van der Waals surface area (Å²) in [6.45, 7) is 0. The maximum absolute atomic E-state index is 6.73. The Kier molecular flexibility index (Phi) is 5.85. The van der Waals surface area contributed by atoms with E-state index in [0.717, 1.165) is 44.2 Å². The number of furan rings is 1. The minimum Gasteiger partial charge on any atom is -0.452 e. The zero-order valence-electron chi connectivity index (χ0n) is 30.8. The van der Waals surface area contributed by atoms with Crippen molar-refractivity contribution in [2.75, 3.05) is 0 Å². The van der Waals surface area contributed by atoms with Crippen molar-refractivity contribution in [3.05, 3.63) is 170 Å². The summed E-state index contributed by atoms with van der Waals surface area (Å²) in [7, 11) is 0. The van der Waals surface area contributed by atoms with Crippen LogP contribution in [0.3, 0.4) is 0 Å². The minimum absolute atomic E-state index is 0.609. The molecule has 13 aromatic rings. The van der Waals surface area contributed by atoms with Crippen molar-refractivity contribution in [3.63, 3.8) is 0 Å². The highest BCUT2D eigenvalue weighted by Gasteiger charge is 2.30. The van der Waals surface area contributed by atoms with Gasteiger partial charge in [-0.2, -0.15) is 0 Å². The Hall–Kier alpha value is -7.54. The molecular weight excluding hydrogens is 729 g/mol. The predicted molar refractivity (Wildman–Crippen MR) is 241 cm³/mol. The lowest BCUT2D eigenvalue weighted by Crippen LogP contribution is -2.03. The van der Waals surface area contributed by atoms with Crippen molar-refractivity contribution in [3.8, 4) is 45.1 Å². The van der Waals surface area contributed by atoms with E-state index < -0.39 is 0 Å². The molecule has 1 aliphatic heterocycles. The summed E-state index contributed by atoms with van der Waals surface area (Å²) < 4.78 is 14.0. The van der Waals surface area contributed by atoms with Crippen molar-refractivity contribution >= 4 is 97.2 Å². The fourth-order valence-corrected chi connectivity index (χ4v) is 11.1. The topological polar surface area (TPSA) is 48.8 Å². The van der Waals surface area contributed by atoms with Gasteiger partial charge in [-0.1, -0.05) is 121 Å². The van der Waals surface area contributed by atoms with Crippen molar-refractivity contribution in [1.29, 1.82) is 0 Å². The number of nitrogens with zero attached hydrogens (tertiary/aromatic N) is 4. The SMILES string of the molecule is c1ccc2c(c1)-c1ccccc1-n1c3ccccc3c3cc4c(c-2c31)c1ccccc1n4-c1nc(-c2cccc3sc4ccccc4c23)c2oc3ccccc3c2n1. The summed E-state index contributed by atoms with van der Waals surface area (Å²) in [5, 5.41) is 8.10. The lowest BCUT2D eigenvalue weighted by Gasteiger charge is -2.13. The van der Waals surface area contributed by atoms with Crippen molar-refractivity contribution in [2.45, 2.75) is 0 Å². The highest BCUT2D eigenvalue weighted by atomic mass is 32.1. The first-order valence-electron chi connectivity index (χ1n) is 19.6. The summed E-state index contributed by atoms with van der Waals surface area (Å²) in [5.74, 6) is 0.609. The molecule has 6 heterocycles. The van der Waals surface area contributed by atoms with E-state index in [0.29, 0.717) is 11.5 Å². The molecule has 8 aromatic carbocycles. The average Bonchev–Trinajstić information content (AvgIpc) is 4.01. The Morgan fingerprint density at radius 2 is 1.10 bits per heavy atom. The minimum atomic E-state index is 0.609. The van der Waals surface area contributed by atoms with Crippen LogP contribution in [0, 0.1) is 0 Å². The van der Waals surface area contributed by atoms with Gasteiger partial charge >= 0.3 is 0 Å². The van der Waals surface area contributed by atoms with Crippen LogP contribution in [0.1, 0.15) is 0 Å². The number of rotatable bonds is 2. The number of benzene rings is 8. The standard InChI is InChI=1S/C52H28N4OS/c1-2-17-32-29(14-1)30-15-3-8-22-38(30)55-39-23-9-4-16-31(39)37-28-41-46(47(32)50(37)55)33-18-5-10-24-40(33)56(41)52-53-48-34-19-6-11-25-42(34)57-51(48)49(54-52)36-21-13-27-44-45(36)35-20-7-12-26-43(35)58-44/h1-28H. The second-order valence-electron chi connectivity index (χ2n) is 15.2. The molecule has 0 radical (unpaired) electrons. The van der Waals surface area contributed by atoms with Crippen LogP contribution in [0.2, 0.25) is 0 Å². The number of fused-ring (bicyclic) bond motifs is 18. The summed E-state index contributed by atoms with van der Waals surface area (Å²) in [6.07, 6.45) is 0. The normalized spacial score (nSPS) is 12.5. The third-order valence-corrected chi connectivity index (χ3v) is 13.4. The predicted octanol–water partition coefficient (Wildman–Crippen LogP) is 14.3. The van der Waals surface area contributed by atoms with Gasteiger partial charge in [-0.05, 0) is 59.7 Å². The zero-order chi connectivity index (χ0) is 37.6. The molecule has 1 aliphatic rings. The highest BCUT2D eigenvalue weighted by Crippen LogP contribution is 2.52. The zero-order valence-corrected chi connectivity index (χ0v) is 31.6. The molecule has 0 fully saturated rings. The van der Waals surface area contributed by atoms with Gasteiger partial charge in [0.1, 0.15) is 16.8 Å². The maximum Gasteiger partial charge on any atom is 0.236 e. The maximum atomic E-state index is 6.73. The van der Waals surface area contributed by atoms with E-state index in [4.69, 9.17) is 14.4 Å². The second-order valence-corrected chi connectivity index (χ2v) is 16.3. The van der Waals surface area contributed by atoms with Crippen molar-refractivity contribution in [2.24, 2.45) is 0 Å². The summed E-state index contributed by atoms with van der Waals surface area (Å²) in [6, 6.07) is 61.1. The molecule has 0 unspecified atom stereocenters. The van der Waals surface area contributed by atoms with E-state index in [1.807, 2.05) is 23.5 Å². The highest BCUT2D eigenvalue weighted by molar-refractivity contribution is 7.25. The van der Waals surface area contributed by atoms with Gasteiger partial charge in [0.25, 0.3) is 0 Å². The van der Waals surface area contributed by atoms with Crippen LogP contribution in [-0.2, 0) is 0 Å². The molecule has 6 heteroatoms. The first-order valence-corrected chi connectivity index (χ1v) is 20.4. The quantitative estimate of drug-likeness (QED) is 0.176. The molecule has 0 aliphatic carbocycles. The largest absolute Gasteiger partial charge is 0.452 e. The lowest BCUT2D eigenvalue weighted by molar-refractivity contribution is 0.666.